The molecule has 25 heavy (non-hydrogen) atoms. The molecular weight excluding hydrogens is 384 g/mol. The highest BCUT2D eigenvalue weighted by molar-refractivity contribution is 9.10. The fourth-order valence-corrected chi connectivity index (χ4v) is 2.74. The lowest BCUT2D eigenvalue weighted by Gasteiger charge is -2.14. The summed E-state index contributed by atoms with van der Waals surface area (Å²) < 4.78 is 5.85. The van der Waals surface area contributed by atoms with Crippen LogP contribution in [0, 0.1) is 5.92 Å². The number of hydrogen-bond donors (Lipinski definition) is 0. The van der Waals surface area contributed by atoms with Crippen molar-refractivity contribution >= 4 is 33.5 Å². The normalized spacial score (nSPS) is 11.6. The topological polar surface area (TPSA) is 60.4 Å². The Balaban J connectivity index is 2.16. The summed E-state index contributed by atoms with van der Waals surface area (Å²) >= 11 is 3.33. The molecule has 1 unspecified atom stereocenters. The second-order valence-corrected chi connectivity index (χ2v) is 6.50. The molecule has 2 aromatic carbocycles. The van der Waals surface area contributed by atoms with Gasteiger partial charge in [-0.2, -0.15) is 0 Å². The number of halogens is 1. The zero-order valence-corrected chi connectivity index (χ0v) is 15.5. The molecule has 0 aliphatic rings. The first-order chi connectivity index (χ1) is 12.0. The van der Waals surface area contributed by atoms with Gasteiger partial charge in [0, 0.05) is 17.3 Å². The zero-order valence-electron chi connectivity index (χ0n) is 13.9. The van der Waals surface area contributed by atoms with Crippen LogP contribution in [-0.2, 0) is 32.0 Å². The Morgan fingerprint density at radius 2 is 1.40 bits per heavy atom. The lowest BCUT2D eigenvalue weighted by molar-refractivity contribution is -0.154. The molecule has 0 saturated heterocycles. The number of hydrogen-bond acceptors (Lipinski definition) is 4. The number of ether oxygens (including phenoxy) is 1. The fourth-order valence-electron chi connectivity index (χ4n) is 2.47. The maximum Gasteiger partial charge on any atom is 0.324 e. The number of rotatable bonds is 8. The Kier molecular flexibility index (Phi) is 7.07. The van der Waals surface area contributed by atoms with Crippen LogP contribution in [0.4, 0.5) is 0 Å². The lowest BCUT2D eigenvalue weighted by Crippen LogP contribution is -2.35. The Labute approximate surface area is 155 Å². The van der Waals surface area contributed by atoms with Crippen molar-refractivity contribution < 1.29 is 19.1 Å². The standard InChI is InChI=1S/C20H19BrO4/c1-2-25-20(24)19(17(22)12-14-6-4-3-5-7-14)18(23)13-15-8-10-16(21)11-9-15/h3-11,19H,2,12-13H2,1H3. The van der Waals surface area contributed by atoms with E-state index in [1.165, 1.54) is 0 Å². The highest BCUT2D eigenvalue weighted by atomic mass is 79.9. The van der Waals surface area contributed by atoms with Gasteiger partial charge in [0.1, 0.15) is 0 Å². The molecule has 0 N–H and O–H groups in total. The van der Waals surface area contributed by atoms with Gasteiger partial charge in [0.05, 0.1) is 6.61 Å². The number of benzene rings is 2. The SMILES string of the molecule is CCOC(=O)C(C(=O)Cc1ccccc1)C(=O)Cc1ccc(Br)cc1. The van der Waals surface area contributed by atoms with E-state index >= 15 is 0 Å². The van der Waals surface area contributed by atoms with Crippen LogP contribution in [-0.4, -0.2) is 24.1 Å². The van der Waals surface area contributed by atoms with Crippen molar-refractivity contribution in [2.24, 2.45) is 5.92 Å². The van der Waals surface area contributed by atoms with E-state index in [1.807, 2.05) is 30.3 Å². The number of esters is 1. The summed E-state index contributed by atoms with van der Waals surface area (Å²) in [6.45, 7) is 1.77. The Hall–Kier alpha value is -2.27. The molecular formula is C20H19BrO4. The molecule has 0 aromatic heterocycles. The third kappa shape index (κ3) is 5.64. The largest absolute Gasteiger partial charge is 0.465 e. The molecule has 0 fully saturated rings. The first-order valence-corrected chi connectivity index (χ1v) is 8.81. The van der Waals surface area contributed by atoms with Crippen molar-refractivity contribution in [1.82, 2.24) is 0 Å². The molecule has 0 spiro atoms. The molecule has 4 nitrogen and oxygen atoms in total. The van der Waals surface area contributed by atoms with Gasteiger partial charge in [0.25, 0.3) is 0 Å². The first-order valence-electron chi connectivity index (χ1n) is 8.01. The maximum absolute atomic E-state index is 12.6. The van der Waals surface area contributed by atoms with E-state index in [2.05, 4.69) is 15.9 Å². The second-order valence-electron chi connectivity index (χ2n) is 5.58. The van der Waals surface area contributed by atoms with Crippen LogP contribution in [0.3, 0.4) is 0 Å². The molecule has 0 amide bonds. The first kappa shape index (κ1) is 19.1. The molecule has 2 aromatic rings. The van der Waals surface area contributed by atoms with E-state index in [1.54, 1.807) is 31.2 Å². The van der Waals surface area contributed by atoms with Gasteiger partial charge in [-0.1, -0.05) is 58.4 Å². The smallest absolute Gasteiger partial charge is 0.324 e. The maximum atomic E-state index is 12.6. The van der Waals surface area contributed by atoms with Crippen LogP contribution < -0.4 is 0 Å². The van der Waals surface area contributed by atoms with Crippen molar-refractivity contribution in [2.75, 3.05) is 6.61 Å². The van der Waals surface area contributed by atoms with E-state index in [4.69, 9.17) is 4.74 Å². The number of carbonyl (C=O) groups excluding carboxylic acids is 3. The molecule has 0 saturated carbocycles. The average Bonchev–Trinajstić information content (AvgIpc) is 2.58. The lowest BCUT2D eigenvalue weighted by atomic mass is 9.90. The fraction of sp³-hybridized carbons (Fsp3) is 0.250. The minimum Gasteiger partial charge on any atom is -0.465 e. The van der Waals surface area contributed by atoms with Crippen molar-refractivity contribution in [2.45, 2.75) is 19.8 Å². The Morgan fingerprint density at radius 1 is 0.880 bits per heavy atom. The van der Waals surface area contributed by atoms with Crippen molar-refractivity contribution in [1.29, 1.82) is 0 Å². The van der Waals surface area contributed by atoms with E-state index in [0.717, 1.165) is 15.6 Å². The number of Topliss-reactive ketones (excluding diaryl/α,β-unsaturated/α-hetero) is 2. The number of ketones is 2. The molecule has 2 rings (SSSR count). The molecule has 0 aliphatic carbocycles. The summed E-state index contributed by atoms with van der Waals surface area (Å²) in [4.78, 5) is 37.4. The van der Waals surface area contributed by atoms with Crippen LogP contribution in [0.5, 0.6) is 0 Å². The minimum atomic E-state index is -1.39. The summed E-state index contributed by atoms with van der Waals surface area (Å²) in [6, 6.07) is 16.2. The summed E-state index contributed by atoms with van der Waals surface area (Å²) in [5, 5.41) is 0. The van der Waals surface area contributed by atoms with Crippen molar-refractivity contribution in [3.05, 3.63) is 70.2 Å². The van der Waals surface area contributed by atoms with Gasteiger partial charge in [-0.05, 0) is 30.2 Å². The van der Waals surface area contributed by atoms with Crippen molar-refractivity contribution in [3.63, 3.8) is 0 Å². The third-order valence-electron chi connectivity index (χ3n) is 3.68. The molecule has 130 valence electrons. The molecule has 0 aliphatic heterocycles. The predicted octanol–water partition coefficient (Wildman–Crippen LogP) is 3.55. The van der Waals surface area contributed by atoms with E-state index in [-0.39, 0.29) is 19.4 Å². The highest BCUT2D eigenvalue weighted by Crippen LogP contribution is 2.15. The van der Waals surface area contributed by atoms with Crippen molar-refractivity contribution in [3.8, 4) is 0 Å². The van der Waals surface area contributed by atoms with Gasteiger partial charge in [0.15, 0.2) is 17.5 Å². The third-order valence-corrected chi connectivity index (χ3v) is 4.21. The molecule has 1 atom stereocenters. The molecule has 0 heterocycles. The second kappa shape index (κ2) is 9.28. The van der Waals surface area contributed by atoms with Gasteiger partial charge in [-0.15, -0.1) is 0 Å². The Morgan fingerprint density at radius 3 is 1.92 bits per heavy atom. The van der Waals surface area contributed by atoms with E-state index in [9.17, 15) is 14.4 Å². The van der Waals surface area contributed by atoms with Crippen LogP contribution in [0.15, 0.2) is 59.1 Å². The monoisotopic (exact) mass is 402 g/mol. The summed E-state index contributed by atoms with van der Waals surface area (Å²) in [5.41, 5.74) is 1.51. The van der Waals surface area contributed by atoms with E-state index in [0.29, 0.717) is 0 Å². The predicted molar refractivity (Wildman–Crippen MR) is 98.1 cm³/mol. The number of carbonyl (C=O) groups is 3. The van der Waals surface area contributed by atoms with Crippen LogP contribution >= 0.6 is 15.9 Å². The summed E-state index contributed by atoms with van der Waals surface area (Å²) in [7, 11) is 0. The van der Waals surface area contributed by atoms with Gasteiger partial charge in [-0.3, -0.25) is 14.4 Å². The molecule has 5 heteroatoms. The summed E-state index contributed by atoms with van der Waals surface area (Å²) in [5.74, 6) is -3.04. The molecule has 0 radical (unpaired) electrons. The van der Waals surface area contributed by atoms with Crippen LogP contribution in [0.25, 0.3) is 0 Å². The summed E-state index contributed by atoms with van der Waals surface area (Å²) in [6.07, 6.45) is 0.0354. The van der Waals surface area contributed by atoms with Gasteiger partial charge in [0.2, 0.25) is 0 Å². The molecule has 0 bridgehead atoms. The van der Waals surface area contributed by atoms with Crippen LogP contribution in [0.1, 0.15) is 18.1 Å². The van der Waals surface area contributed by atoms with Crippen LogP contribution in [0.2, 0.25) is 0 Å². The van der Waals surface area contributed by atoms with Gasteiger partial charge >= 0.3 is 5.97 Å². The quantitative estimate of drug-likeness (QED) is 0.500. The minimum absolute atomic E-state index is 0.0112. The van der Waals surface area contributed by atoms with Gasteiger partial charge in [-0.25, -0.2) is 0 Å². The van der Waals surface area contributed by atoms with E-state index < -0.39 is 23.5 Å². The highest BCUT2D eigenvalue weighted by Gasteiger charge is 2.34. The zero-order chi connectivity index (χ0) is 18.2. The van der Waals surface area contributed by atoms with Gasteiger partial charge < -0.3 is 4.74 Å². The average molecular weight is 403 g/mol. The Bertz CT molecular complexity index is 738.